The summed E-state index contributed by atoms with van der Waals surface area (Å²) >= 11 is 0. The average Bonchev–Trinajstić information content (AvgIpc) is 3.41. The zero-order valence-corrected chi connectivity index (χ0v) is 22.6. The van der Waals surface area contributed by atoms with E-state index in [1.165, 1.54) is 24.8 Å². The number of piperidine rings is 1. The molecule has 5 rings (SSSR count). The predicted octanol–water partition coefficient (Wildman–Crippen LogP) is 2.76. The minimum absolute atomic E-state index is 0.0164. The van der Waals surface area contributed by atoms with Crippen molar-refractivity contribution in [3.63, 3.8) is 0 Å². The van der Waals surface area contributed by atoms with Crippen LogP contribution < -0.4 is 5.32 Å². The Balaban J connectivity index is 1.24. The molecule has 1 aromatic rings. The maximum Gasteiger partial charge on any atom is 0.251 e. The van der Waals surface area contributed by atoms with Crippen LogP contribution in [-0.4, -0.2) is 91.1 Å². The Bertz CT molecular complexity index is 1010. The Labute approximate surface area is 220 Å². The van der Waals surface area contributed by atoms with Crippen LogP contribution in [0.2, 0.25) is 0 Å². The summed E-state index contributed by atoms with van der Waals surface area (Å²) < 4.78 is 11.1. The van der Waals surface area contributed by atoms with Gasteiger partial charge in [0.25, 0.3) is 5.91 Å². The number of nitrogens with one attached hydrogen (secondary N) is 1. The average molecular weight is 512 g/mol. The molecule has 8 nitrogen and oxygen atoms in total. The first-order valence-corrected chi connectivity index (χ1v) is 13.8. The summed E-state index contributed by atoms with van der Waals surface area (Å²) in [7, 11) is 1.56. The number of hydrogen-bond acceptors (Lipinski definition) is 6. The van der Waals surface area contributed by atoms with E-state index in [1.54, 1.807) is 12.0 Å². The zero-order valence-electron chi connectivity index (χ0n) is 22.6. The first kappa shape index (κ1) is 26.3. The summed E-state index contributed by atoms with van der Waals surface area (Å²) in [6.45, 7) is 8.33. The monoisotopic (exact) mass is 511 g/mol. The molecule has 4 fully saturated rings. The number of ether oxygens (including phenoxy) is 2. The van der Waals surface area contributed by atoms with Crippen LogP contribution >= 0.6 is 0 Å². The molecule has 4 aliphatic rings. The van der Waals surface area contributed by atoms with E-state index in [-0.39, 0.29) is 36.9 Å². The number of hydrogen-bond donors (Lipinski definition) is 1. The first-order chi connectivity index (χ1) is 17.7. The van der Waals surface area contributed by atoms with Gasteiger partial charge in [0.05, 0.1) is 6.54 Å². The topological polar surface area (TPSA) is 88.2 Å². The molecule has 3 heterocycles. The van der Waals surface area contributed by atoms with E-state index in [2.05, 4.69) is 22.3 Å². The Kier molecular flexibility index (Phi) is 7.44. The maximum atomic E-state index is 13.7. The van der Waals surface area contributed by atoms with Gasteiger partial charge in [0.2, 0.25) is 5.91 Å². The molecule has 1 aliphatic carbocycles. The number of likely N-dealkylation sites (tertiary alicyclic amines) is 2. The van der Waals surface area contributed by atoms with Crippen LogP contribution in [0.4, 0.5) is 0 Å². The third-order valence-corrected chi connectivity index (χ3v) is 8.88. The molecule has 1 unspecified atom stereocenters. The number of rotatable bonds is 6. The van der Waals surface area contributed by atoms with Gasteiger partial charge >= 0.3 is 0 Å². The lowest BCUT2D eigenvalue weighted by Gasteiger charge is -2.42. The number of amides is 2. The largest absolute Gasteiger partial charge is 0.377 e. The summed E-state index contributed by atoms with van der Waals surface area (Å²) in [5, 5.41) is 2.98. The standard InChI is InChI=1S/C29H41N3O5/c1-29(2,3)26(28(35)32-16-23(36-4)25-24(32)22(33)17-37-25)30-27(34)20-10-8-18(9-11-20)19-12-14-31(15-13-19)21-6-5-7-21/h8-11,19,21,23-26H,5-7,12-17H2,1-4H3,(H,30,34)/t23-,24-,25-,26?/m1/s1. The van der Waals surface area contributed by atoms with E-state index in [0.29, 0.717) is 11.5 Å². The van der Waals surface area contributed by atoms with Crippen molar-refractivity contribution in [1.82, 2.24) is 15.1 Å². The Morgan fingerprint density at radius 1 is 1.08 bits per heavy atom. The van der Waals surface area contributed by atoms with Gasteiger partial charge in [-0.1, -0.05) is 39.3 Å². The van der Waals surface area contributed by atoms with Crippen LogP contribution in [0.15, 0.2) is 24.3 Å². The first-order valence-electron chi connectivity index (χ1n) is 13.8. The van der Waals surface area contributed by atoms with E-state index in [0.717, 1.165) is 32.0 Å². The molecule has 0 spiro atoms. The van der Waals surface area contributed by atoms with E-state index >= 15 is 0 Å². The molecule has 37 heavy (non-hydrogen) atoms. The van der Waals surface area contributed by atoms with Gasteiger partial charge in [-0.2, -0.15) is 0 Å². The Morgan fingerprint density at radius 2 is 1.76 bits per heavy atom. The van der Waals surface area contributed by atoms with Crippen molar-refractivity contribution < 1.29 is 23.9 Å². The number of ketones is 1. The normalized spacial score (nSPS) is 28.2. The van der Waals surface area contributed by atoms with E-state index < -0.39 is 23.6 Å². The summed E-state index contributed by atoms with van der Waals surface area (Å²) in [4.78, 5) is 43.7. The number of nitrogens with zero attached hydrogens (tertiary/aromatic N) is 2. The summed E-state index contributed by atoms with van der Waals surface area (Å²) in [5.41, 5.74) is 1.26. The fourth-order valence-corrected chi connectivity index (χ4v) is 6.33. The molecule has 3 saturated heterocycles. The molecule has 1 saturated carbocycles. The number of Topliss-reactive ketones (excluding diaryl/α,β-unsaturated/α-hetero) is 1. The molecule has 0 radical (unpaired) electrons. The molecule has 1 aromatic carbocycles. The summed E-state index contributed by atoms with van der Waals surface area (Å²) in [6, 6.07) is 7.22. The van der Waals surface area contributed by atoms with Crippen molar-refractivity contribution in [3.8, 4) is 0 Å². The van der Waals surface area contributed by atoms with Crippen molar-refractivity contribution in [2.24, 2.45) is 5.41 Å². The molecule has 3 aliphatic heterocycles. The lowest BCUT2D eigenvalue weighted by Crippen LogP contribution is -2.57. The smallest absolute Gasteiger partial charge is 0.251 e. The molecule has 1 N–H and O–H groups in total. The molecule has 4 atom stereocenters. The highest BCUT2D eigenvalue weighted by atomic mass is 16.5. The van der Waals surface area contributed by atoms with Crippen LogP contribution in [0.3, 0.4) is 0 Å². The van der Waals surface area contributed by atoms with Crippen molar-refractivity contribution in [1.29, 1.82) is 0 Å². The molecule has 2 amide bonds. The fourth-order valence-electron chi connectivity index (χ4n) is 6.33. The Morgan fingerprint density at radius 3 is 2.32 bits per heavy atom. The summed E-state index contributed by atoms with van der Waals surface area (Å²) in [5.74, 6) is -0.150. The van der Waals surface area contributed by atoms with Gasteiger partial charge in [0.1, 0.15) is 30.9 Å². The van der Waals surface area contributed by atoms with Gasteiger partial charge < -0.3 is 24.6 Å². The number of fused-ring (bicyclic) bond motifs is 1. The fraction of sp³-hybridized carbons (Fsp3) is 0.690. The van der Waals surface area contributed by atoms with Gasteiger partial charge in [-0.25, -0.2) is 0 Å². The van der Waals surface area contributed by atoms with E-state index in [9.17, 15) is 14.4 Å². The lowest BCUT2D eigenvalue weighted by atomic mass is 9.84. The van der Waals surface area contributed by atoms with Crippen molar-refractivity contribution in [2.75, 3.05) is 33.4 Å². The number of carbonyl (C=O) groups is 3. The molecule has 8 heteroatoms. The SMILES string of the molecule is CO[C@@H]1CN(C(=O)C(NC(=O)c2ccc(C3CCN(C4CCC4)CC3)cc2)C(C)(C)C)[C@@H]2C(=O)CO[C@@H]21. The molecular weight excluding hydrogens is 470 g/mol. The number of carbonyl (C=O) groups excluding carboxylic acids is 3. The second-order valence-corrected chi connectivity index (χ2v) is 12.2. The predicted molar refractivity (Wildman–Crippen MR) is 139 cm³/mol. The van der Waals surface area contributed by atoms with Crippen molar-refractivity contribution >= 4 is 17.6 Å². The molecule has 0 bridgehead atoms. The van der Waals surface area contributed by atoms with E-state index in [1.807, 2.05) is 32.9 Å². The van der Waals surface area contributed by atoms with Crippen molar-refractivity contribution in [3.05, 3.63) is 35.4 Å². The number of methoxy groups -OCH3 is 1. The van der Waals surface area contributed by atoms with Crippen molar-refractivity contribution in [2.45, 2.75) is 89.1 Å². The van der Waals surface area contributed by atoms with Crippen LogP contribution in [0.1, 0.15) is 74.7 Å². The molecule has 202 valence electrons. The third-order valence-electron chi connectivity index (χ3n) is 8.88. The highest BCUT2D eigenvalue weighted by Gasteiger charge is 2.54. The zero-order chi connectivity index (χ0) is 26.3. The lowest BCUT2D eigenvalue weighted by molar-refractivity contribution is -0.140. The van der Waals surface area contributed by atoms with Gasteiger partial charge in [0.15, 0.2) is 5.78 Å². The van der Waals surface area contributed by atoms with Gasteiger partial charge in [-0.15, -0.1) is 0 Å². The number of benzene rings is 1. The maximum absolute atomic E-state index is 13.7. The van der Waals surface area contributed by atoms with Crippen LogP contribution in [0.5, 0.6) is 0 Å². The van der Waals surface area contributed by atoms with Crippen LogP contribution in [-0.2, 0) is 19.1 Å². The van der Waals surface area contributed by atoms with Gasteiger partial charge in [0, 0.05) is 18.7 Å². The summed E-state index contributed by atoms with van der Waals surface area (Å²) in [6.07, 6.45) is 5.58. The van der Waals surface area contributed by atoms with Crippen LogP contribution in [0.25, 0.3) is 0 Å². The molecule has 0 aromatic heterocycles. The second kappa shape index (κ2) is 10.5. The minimum Gasteiger partial charge on any atom is -0.377 e. The van der Waals surface area contributed by atoms with Gasteiger partial charge in [-0.05, 0) is 67.8 Å². The minimum atomic E-state index is -0.792. The second-order valence-electron chi connectivity index (χ2n) is 12.2. The third kappa shape index (κ3) is 5.20. The van der Waals surface area contributed by atoms with Gasteiger partial charge in [-0.3, -0.25) is 14.4 Å². The van der Waals surface area contributed by atoms with Crippen LogP contribution in [0, 0.1) is 5.41 Å². The van der Waals surface area contributed by atoms with E-state index in [4.69, 9.17) is 9.47 Å². The molecular formula is C29H41N3O5. The highest BCUT2D eigenvalue weighted by molar-refractivity contribution is 5.99. The Hall–Kier alpha value is -2.29. The highest BCUT2D eigenvalue weighted by Crippen LogP contribution is 2.34. The quantitative estimate of drug-likeness (QED) is 0.632.